The number of likely N-dealkylation sites (N-methyl/N-ethyl adjacent to an activating group) is 1. The summed E-state index contributed by atoms with van der Waals surface area (Å²) in [6.45, 7) is 0.963. The summed E-state index contributed by atoms with van der Waals surface area (Å²) in [5.74, 6) is 0. The van der Waals surface area contributed by atoms with E-state index in [9.17, 15) is 0 Å². The Morgan fingerprint density at radius 3 is 2.94 bits per heavy atom. The van der Waals surface area contributed by atoms with Gasteiger partial charge in [0, 0.05) is 18.1 Å². The van der Waals surface area contributed by atoms with Crippen LogP contribution in [0.5, 0.6) is 0 Å². The molecule has 0 aliphatic heterocycles. The van der Waals surface area contributed by atoms with E-state index in [0.29, 0.717) is 0 Å². The standard InChI is InChI=1S/C14H16N2/c1-16(2)10-4-5-12-7-8-14-13(11-12)6-3-9-15-14/h3-9,11H,10H2,1-2H3/b5-4+. The van der Waals surface area contributed by atoms with Gasteiger partial charge in [-0.2, -0.15) is 0 Å². The summed E-state index contributed by atoms with van der Waals surface area (Å²) < 4.78 is 0. The monoisotopic (exact) mass is 212 g/mol. The van der Waals surface area contributed by atoms with Crippen LogP contribution in [0.25, 0.3) is 17.0 Å². The molecular formula is C14H16N2. The van der Waals surface area contributed by atoms with E-state index in [1.54, 1.807) is 0 Å². The lowest BCUT2D eigenvalue weighted by Gasteiger charge is -2.03. The second-order valence-corrected chi connectivity index (χ2v) is 4.12. The fourth-order valence-electron chi connectivity index (χ4n) is 1.60. The molecule has 0 saturated heterocycles. The number of hydrogen-bond donors (Lipinski definition) is 0. The molecule has 1 aromatic carbocycles. The Morgan fingerprint density at radius 2 is 2.12 bits per heavy atom. The number of nitrogens with zero attached hydrogens (tertiary/aromatic N) is 2. The zero-order valence-corrected chi connectivity index (χ0v) is 9.72. The summed E-state index contributed by atoms with van der Waals surface area (Å²) in [6, 6.07) is 10.4. The molecule has 0 saturated carbocycles. The van der Waals surface area contributed by atoms with Crippen molar-refractivity contribution < 1.29 is 0 Å². The quantitative estimate of drug-likeness (QED) is 0.777. The van der Waals surface area contributed by atoms with Crippen molar-refractivity contribution >= 4 is 17.0 Å². The minimum absolute atomic E-state index is 0.963. The fourth-order valence-corrected chi connectivity index (χ4v) is 1.60. The largest absolute Gasteiger partial charge is 0.306 e. The van der Waals surface area contributed by atoms with Gasteiger partial charge in [0.25, 0.3) is 0 Å². The minimum atomic E-state index is 0.963. The van der Waals surface area contributed by atoms with Gasteiger partial charge < -0.3 is 4.90 Å². The molecule has 2 rings (SSSR count). The summed E-state index contributed by atoms with van der Waals surface area (Å²) in [7, 11) is 4.13. The molecule has 1 aromatic heterocycles. The molecule has 0 amide bonds. The van der Waals surface area contributed by atoms with Crippen LogP contribution in [-0.4, -0.2) is 30.5 Å². The third kappa shape index (κ3) is 2.67. The van der Waals surface area contributed by atoms with Crippen LogP contribution in [0.15, 0.2) is 42.6 Å². The SMILES string of the molecule is CN(C)C/C=C/c1ccc2ncccc2c1. The highest BCUT2D eigenvalue weighted by Crippen LogP contribution is 2.14. The van der Waals surface area contributed by atoms with Gasteiger partial charge in [-0.3, -0.25) is 4.98 Å². The third-order valence-corrected chi connectivity index (χ3v) is 2.41. The van der Waals surface area contributed by atoms with E-state index in [0.717, 1.165) is 12.1 Å². The molecule has 0 aliphatic rings. The van der Waals surface area contributed by atoms with Gasteiger partial charge in [-0.15, -0.1) is 0 Å². The number of rotatable bonds is 3. The summed E-state index contributed by atoms with van der Waals surface area (Å²) in [6.07, 6.45) is 6.13. The highest BCUT2D eigenvalue weighted by atomic mass is 15.0. The second-order valence-electron chi connectivity index (χ2n) is 4.12. The van der Waals surface area contributed by atoms with Gasteiger partial charge in [0.1, 0.15) is 0 Å². The van der Waals surface area contributed by atoms with E-state index in [1.807, 2.05) is 12.3 Å². The molecule has 2 nitrogen and oxygen atoms in total. The number of pyridine rings is 1. The van der Waals surface area contributed by atoms with E-state index in [-0.39, 0.29) is 0 Å². The van der Waals surface area contributed by atoms with Crippen LogP contribution in [0.2, 0.25) is 0 Å². The maximum atomic E-state index is 4.30. The number of aromatic nitrogens is 1. The number of fused-ring (bicyclic) bond motifs is 1. The average Bonchev–Trinajstić information content (AvgIpc) is 2.28. The van der Waals surface area contributed by atoms with Crippen LogP contribution in [0.1, 0.15) is 5.56 Å². The van der Waals surface area contributed by atoms with Crippen molar-refractivity contribution in [2.45, 2.75) is 0 Å². The predicted molar refractivity (Wildman–Crippen MR) is 69.3 cm³/mol. The van der Waals surface area contributed by atoms with Crippen molar-refractivity contribution in [3.63, 3.8) is 0 Å². The molecule has 16 heavy (non-hydrogen) atoms. The Morgan fingerprint density at radius 1 is 1.25 bits per heavy atom. The maximum Gasteiger partial charge on any atom is 0.0702 e. The molecule has 0 aliphatic carbocycles. The van der Waals surface area contributed by atoms with Crippen molar-refractivity contribution in [2.24, 2.45) is 0 Å². The van der Waals surface area contributed by atoms with Crippen molar-refractivity contribution in [1.29, 1.82) is 0 Å². The van der Waals surface area contributed by atoms with Crippen molar-refractivity contribution in [3.8, 4) is 0 Å². The summed E-state index contributed by atoms with van der Waals surface area (Å²) >= 11 is 0. The molecule has 0 atom stereocenters. The predicted octanol–water partition coefficient (Wildman–Crippen LogP) is 2.81. The first-order valence-electron chi connectivity index (χ1n) is 5.42. The summed E-state index contributed by atoms with van der Waals surface area (Å²) in [5, 5.41) is 1.19. The third-order valence-electron chi connectivity index (χ3n) is 2.41. The Kier molecular flexibility index (Phi) is 3.32. The molecule has 2 aromatic rings. The molecule has 2 heteroatoms. The Labute approximate surface area is 96.2 Å². The van der Waals surface area contributed by atoms with Gasteiger partial charge >= 0.3 is 0 Å². The molecule has 1 heterocycles. The van der Waals surface area contributed by atoms with E-state index < -0.39 is 0 Å². The van der Waals surface area contributed by atoms with Crippen molar-refractivity contribution in [1.82, 2.24) is 9.88 Å². The Balaban J connectivity index is 2.22. The molecule has 0 bridgehead atoms. The van der Waals surface area contributed by atoms with Gasteiger partial charge in [0.15, 0.2) is 0 Å². The van der Waals surface area contributed by atoms with Crippen LogP contribution in [0.4, 0.5) is 0 Å². The fraction of sp³-hybridized carbons (Fsp3) is 0.214. The van der Waals surface area contributed by atoms with Crippen LogP contribution >= 0.6 is 0 Å². The first kappa shape index (κ1) is 10.8. The topological polar surface area (TPSA) is 16.1 Å². The molecular weight excluding hydrogens is 196 g/mol. The highest BCUT2D eigenvalue weighted by molar-refractivity contribution is 5.80. The van der Waals surface area contributed by atoms with Gasteiger partial charge in [-0.25, -0.2) is 0 Å². The van der Waals surface area contributed by atoms with Crippen LogP contribution in [0, 0.1) is 0 Å². The van der Waals surface area contributed by atoms with Crippen molar-refractivity contribution in [3.05, 3.63) is 48.2 Å². The first-order chi connectivity index (χ1) is 7.75. The van der Waals surface area contributed by atoms with Gasteiger partial charge in [-0.05, 0) is 37.9 Å². The average molecular weight is 212 g/mol. The van der Waals surface area contributed by atoms with Gasteiger partial charge in [0.2, 0.25) is 0 Å². The highest BCUT2D eigenvalue weighted by Gasteiger charge is 1.93. The lowest BCUT2D eigenvalue weighted by molar-refractivity contribution is 0.457. The van der Waals surface area contributed by atoms with Gasteiger partial charge in [-0.1, -0.05) is 24.3 Å². The second kappa shape index (κ2) is 4.90. The first-order valence-corrected chi connectivity index (χ1v) is 5.42. The van der Waals surface area contributed by atoms with Crippen LogP contribution in [-0.2, 0) is 0 Å². The molecule has 0 unspecified atom stereocenters. The molecule has 0 fully saturated rings. The van der Waals surface area contributed by atoms with E-state index >= 15 is 0 Å². The van der Waals surface area contributed by atoms with E-state index in [2.05, 4.69) is 60.4 Å². The Hall–Kier alpha value is -1.67. The zero-order valence-electron chi connectivity index (χ0n) is 9.72. The lowest BCUT2D eigenvalue weighted by Crippen LogP contribution is -2.10. The maximum absolute atomic E-state index is 4.30. The van der Waals surface area contributed by atoms with E-state index in [1.165, 1.54) is 10.9 Å². The van der Waals surface area contributed by atoms with Crippen LogP contribution in [0.3, 0.4) is 0 Å². The number of hydrogen-bond acceptors (Lipinski definition) is 2. The minimum Gasteiger partial charge on any atom is -0.306 e. The summed E-state index contributed by atoms with van der Waals surface area (Å²) in [5.41, 5.74) is 2.27. The number of benzene rings is 1. The summed E-state index contributed by atoms with van der Waals surface area (Å²) in [4.78, 5) is 6.44. The van der Waals surface area contributed by atoms with Crippen molar-refractivity contribution in [2.75, 3.05) is 20.6 Å². The molecule has 0 radical (unpaired) electrons. The lowest BCUT2D eigenvalue weighted by atomic mass is 10.1. The smallest absolute Gasteiger partial charge is 0.0702 e. The zero-order chi connectivity index (χ0) is 11.4. The molecule has 0 N–H and O–H groups in total. The molecule has 0 spiro atoms. The van der Waals surface area contributed by atoms with Gasteiger partial charge in [0.05, 0.1) is 5.52 Å². The van der Waals surface area contributed by atoms with E-state index in [4.69, 9.17) is 0 Å². The normalized spacial score (nSPS) is 11.7. The Bertz CT molecular complexity index is 501. The van der Waals surface area contributed by atoms with Crippen LogP contribution < -0.4 is 0 Å². The molecule has 82 valence electrons.